The molecule has 1 N–H and O–H groups in total. The standard InChI is InChI=1S/C12H14N2O/c1-3-14(9(2)15)12-8-10-6-4-5-7-11(10)13-12/h4-8,13H,3H2,1-2H3. The van der Waals surface area contributed by atoms with E-state index in [9.17, 15) is 4.79 Å². The summed E-state index contributed by atoms with van der Waals surface area (Å²) >= 11 is 0. The van der Waals surface area contributed by atoms with Gasteiger partial charge in [0.25, 0.3) is 0 Å². The molecule has 1 aromatic heterocycles. The van der Waals surface area contributed by atoms with E-state index in [0.29, 0.717) is 6.54 Å². The topological polar surface area (TPSA) is 36.1 Å². The number of rotatable bonds is 2. The van der Waals surface area contributed by atoms with E-state index in [1.807, 2.05) is 37.3 Å². The molecule has 0 unspecified atom stereocenters. The van der Waals surface area contributed by atoms with E-state index in [0.717, 1.165) is 16.7 Å². The molecular weight excluding hydrogens is 188 g/mol. The lowest BCUT2D eigenvalue weighted by Crippen LogP contribution is -2.28. The van der Waals surface area contributed by atoms with E-state index >= 15 is 0 Å². The van der Waals surface area contributed by atoms with Crippen molar-refractivity contribution in [2.24, 2.45) is 0 Å². The zero-order chi connectivity index (χ0) is 10.8. The van der Waals surface area contributed by atoms with Crippen molar-refractivity contribution in [3.63, 3.8) is 0 Å². The Morgan fingerprint density at radius 3 is 2.73 bits per heavy atom. The Morgan fingerprint density at radius 1 is 1.40 bits per heavy atom. The first-order chi connectivity index (χ1) is 7.22. The van der Waals surface area contributed by atoms with Gasteiger partial charge in [-0.25, -0.2) is 0 Å². The number of nitrogens with one attached hydrogen (secondary N) is 1. The average molecular weight is 202 g/mol. The van der Waals surface area contributed by atoms with Crippen molar-refractivity contribution >= 4 is 22.6 Å². The SMILES string of the molecule is CCN(C(C)=O)c1cc2ccccc2[nH]1. The summed E-state index contributed by atoms with van der Waals surface area (Å²) in [6.07, 6.45) is 0. The van der Waals surface area contributed by atoms with Crippen molar-refractivity contribution in [1.82, 2.24) is 4.98 Å². The van der Waals surface area contributed by atoms with Crippen LogP contribution in [0.5, 0.6) is 0 Å². The summed E-state index contributed by atoms with van der Waals surface area (Å²) in [7, 11) is 0. The number of carbonyl (C=O) groups excluding carboxylic acids is 1. The summed E-state index contributed by atoms with van der Waals surface area (Å²) in [5, 5.41) is 1.13. The Kier molecular flexibility index (Phi) is 2.46. The number of anilines is 1. The van der Waals surface area contributed by atoms with Gasteiger partial charge in [-0.3, -0.25) is 9.69 Å². The van der Waals surface area contributed by atoms with E-state index in [4.69, 9.17) is 0 Å². The minimum atomic E-state index is 0.0593. The zero-order valence-electron chi connectivity index (χ0n) is 8.95. The number of nitrogens with zero attached hydrogens (tertiary/aromatic N) is 1. The van der Waals surface area contributed by atoms with Crippen LogP contribution in [-0.4, -0.2) is 17.4 Å². The Hall–Kier alpha value is -1.77. The van der Waals surface area contributed by atoms with Gasteiger partial charge in [0.1, 0.15) is 5.82 Å². The van der Waals surface area contributed by atoms with E-state index in [2.05, 4.69) is 4.98 Å². The number of H-pyrrole nitrogens is 1. The van der Waals surface area contributed by atoms with Crippen molar-refractivity contribution in [3.8, 4) is 0 Å². The lowest BCUT2D eigenvalue weighted by Gasteiger charge is -2.16. The predicted molar refractivity (Wildman–Crippen MR) is 62.0 cm³/mol. The van der Waals surface area contributed by atoms with Crippen molar-refractivity contribution in [2.75, 3.05) is 11.4 Å². The van der Waals surface area contributed by atoms with Crippen LogP contribution in [0.25, 0.3) is 10.9 Å². The third-order valence-electron chi connectivity index (χ3n) is 2.50. The number of hydrogen-bond acceptors (Lipinski definition) is 1. The summed E-state index contributed by atoms with van der Waals surface area (Å²) in [5.74, 6) is 0.926. The van der Waals surface area contributed by atoms with Crippen LogP contribution in [0.4, 0.5) is 5.82 Å². The molecule has 0 spiro atoms. The molecule has 2 aromatic rings. The maximum atomic E-state index is 11.4. The fraction of sp³-hybridized carbons (Fsp3) is 0.250. The predicted octanol–water partition coefficient (Wildman–Crippen LogP) is 2.54. The van der Waals surface area contributed by atoms with Crippen LogP contribution in [0.3, 0.4) is 0 Å². The number of fused-ring (bicyclic) bond motifs is 1. The first-order valence-electron chi connectivity index (χ1n) is 5.08. The molecule has 0 aliphatic heterocycles. The second kappa shape index (κ2) is 3.77. The van der Waals surface area contributed by atoms with Crippen LogP contribution in [0.15, 0.2) is 30.3 Å². The largest absolute Gasteiger partial charge is 0.341 e. The molecular formula is C12H14N2O. The summed E-state index contributed by atoms with van der Waals surface area (Å²) in [5.41, 5.74) is 1.06. The Labute approximate surface area is 88.7 Å². The molecule has 15 heavy (non-hydrogen) atoms. The lowest BCUT2D eigenvalue weighted by molar-refractivity contribution is -0.116. The van der Waals surface area contributed by atoms with Gasteiger partial charge in [0.2, 0.25) is 5.91 Å². The molecule has 3 heteroatoms. The lowest BCUT2D eigenvalue weighted by atomic mass is 10.2. The third kappa shape index (κ3) is 1.73. The molecule has 0 saturated carbocycles. The number of para-hydroxylation sites is 1. The molecule has 3 nitrogen and oxygen atoms in total. The maximum Gasteiger partial charge on any atom is 0.224 e. The van der Waals surface area contributed by atoms with Crippen molar-refractivity contribution in [3.05, 3.63) is 30.3 Å². The van der Waals surface area contributed by atoms with Crippen LogP contribution in [0.2, 0.25) is 0 Å². The van der Waals surface area contributed by atoms with Gasteiger partial charge in [0.15, 0.2) is 0 Å². The third-order valence-corrected chi connectivity index (χ3v) is 2.50. The second-order valence-electron chi connectivity index (χ2n) is 3.51. The average Bonchev–Trinajstić information content (AvgIpc) is 2.61. The fourth-order valence-corrected chi connectivity index (χ4v) is 1.77. The van der Waals surface area contributed by atoms with Gasteiger partial charge in [-0.05, 0) is 19.1 Å². The van der Waals surface area contributed by atoms with Crippen LogP contribution in [0.1, 0.15) is 13.8 Å². The minimum absolute atomic E-state index is 0.0593. The highest BCUT2D eigenvalue weighted by molar-refractivity contribution is 5.94. The van der Waals surface area contributed by atoms with Gasteiger partial charge in [0.05, 0.1) is 0 Å². The molecule has 0 fully saturated rings. The molecule has 0 radical (unpaired) electrons. The number of aromatic amines is 1. The first kappa shape index (κ1) is 9.77. The van der Waals surface area contributed by atoms with Gasteiger partial charge in [-0.15, -0.1) is 0 Å². The molecule has 1 aromatic carbocycles. The summed E-state index contributed by atoms with van der Waals surface area (Å²) < 4.78 is 0. The molecule has 0 bridgehead atoms. The van der Waals surface area contributed by atoms with Crippen molar-refractivity contribution < 1.29 is 4.79 Å². The summed E-state index contributed by atoms with van der Waals surface area (Å²) in [4.78, 5) is 16.3. The number of carbonyl (C=O) groups is 1. The van der Waals surface area contributed by atoms with Crippen molar-refractivity contribution in [1.29, 1.82) is 0 Å². The summed E-state index contributed by atoms with van der Waals surface area (Å²) in [6, 6.07) is 10.0. The number of aromatic nitrogens is 1. The van der Waals surface area contributed by atoms with E-state index in [-0.39, 0.29) is 5.91 Å². The molecule has 2 rings (SSSR count). The fourth-order valence-electron chi connectivity index (χ4n) is 1.77. The van der Waals surface area contributed by atoms with E-state index < -0.39 is 0 Å². The molecule has 0 aliphatic carbocycles. The highest BCUT2D eigenvalue weighted by Gasteiger charge is 2.10. The van der Waals surface area contributed by atoms with Gasteiger partial charge in [0, 0.05) is 24.4 Å². The monoisotopic (exact) mass is 202 g/mol. The normalized spacial score (nSPS) is 10.5. The molecule has 0 aliphatic rings. The van der Waals surface area contributed by atoms with Gasteiger partial charge < -0.3 is 4.98 Å². The Morgan fingerprint density at radius 2 is 2.13 bits per heavy atom. The molecule has 0 saturated heterocycles. The Balaban J connectivity index is 2.47. The maximum absolute atomic E-state index is 11.4. The summed E-state index contributed by atoms with van der Waals surface area (Å²) in [6.45, 7) is 4.23. The highest BCUT2D eigenvalue weighted by atomic mass is 16.2. The van der Waals surface area contributed by atoms with Crippen LogP contribution in [-0.2, 0) is 4.79 Å². The zero-order valence-corrected chi connectivity index (χ0v) is 8.95. The van der Waals surface area contributed by atoms with Crippen molar-refractivity contribution in [2.45, 2.75) is 13.8 Å². The first-order valence-corrected chi connectivity index (χ1v) is 5.08. The quantitative estimate of drug-likeness (QED) is 0.798. The van der Waals surface area contributed by atoms with Crippen LogP contribution in [0, 0.1) is 0 Å². The smallest absolute Gasteiger partial charge is 0.224 e. The van der Waals surface area contributed by atoms with Crippen LogP contribution < -0.4 is 4.90 Å². The Bertz CT molecular complexity index is 454. The van der Waals surface area contributed by atoms with Gasteiger partial charge >= 0.3 is 0 Å². The number of hydrogen-bond donors (Lipinski definition) is 1. The molecule has 1 amide bonds. The highest BCUT2D eigenvalue weighted by Crippen LogP contribution is 2.21. The molecule has 0 atom stereocenters. The number of amides is 1. The minimum Gasteiger partial charge on any atom is -0.341 e. The second-order valence-corrected chi connectivity index (χ2v) is 3.51. The molecule has 1 heterocycles. The van der Waals surface area contributed by atoms with E-state index in [1.54, 1.807) is 11.8 Å². The number of benzene rings is 1. The van der Waals surface area contributed by atoms with Gasteiger partial charge in [-0.1, -0.05) is 18.2 Å². The van der Waals surface area contributed by atoms with Gasteiger partial charge in [-0.2, -0.15) is 0 Å². The molecule has 78 valence electrons. The van der Waals surface area contributed by atoms with Crippen LogP contribution >= 0.6 is 0 Å². The van der Waals surface area contributed by atoms with E-state index in [1.165, 1.54) is 0 Å².